The van der Waals surface area contributed by atoms with Crippen molar-refractivity contribution in [3.63, 3.8) is 0 Å². The maximum absolute atomic E-state index is 12.5. The van der Waals surface area contributed by atoms with E-state index in [1.807, 2.05) is 32.9 Å². The summed E-state index contributed by atoms with van der Waals surface area (Å²) in [7, 11) is -1.81. The molecule has 0 atom stereocenters. The molecule has 0 heterocycles. The van der Waals surface area contributed by atoms with Gasteiger partial charge in [0.05, 0.1) is 11.4 Å². The number of nitrogens with zero attached hydrogens (tertiary/aromatic N) is 1. The molecule has 0 aliphatic heterocycles. The van der Waals surface area contributed by atoms with Crippen molar-refractivity contribution in [2.45, 2.75) is 27.7 Å². The number of hydrogen-bond donors (Lipinski definition) is 1. The van der Waals surface area contributed by atoms with Gasteiger partial charge in [-0.1, -0.05) is 17.7 Å². The van der Waals surface area contributed by atoms with Gasteiger partial charge < -0.3 is 5.32 Å². The fourth-order valence-electron chi connectivity index (χ4n) is 2.74. The van der Waals surface area contributed by atoms with Gasteiger partial charge in [-0.05, 0) is 63.1 Å². The van der Waals surface area contributed by atoms with E-state index in [1.165, 1.54) is 11.4 Å². The Morgan fingerprint density at radius 2 is 1.56 bits per heavy atom. The largest absolute Gasteiger partial charge is 0.322 e. The van der Waals surface area contributed by atoms with Crippen LogP contribution in [0.5, 0.6) is 0 Å². The van der Waals surface area contributed by atoms with E-state index in [-0.39, 0.29) is 11.7 Å². The minimum absolute atomic E-state index is 0.0255. The Morgan fingerprint density at radius 3 is 2.04 bits per heavy atom. The molecule has 0 aliphatic carbocycles. The van der Waals surface area contributed by atoms with Crippen LogP contribution in [0.4, 0.5) is 11.4 Å². The molecular formula is C19H24N2O3S. The van der Waals surface area contributed by atoms with Gasteiger partial charge in [-0.2, -0.15) is 0 Å². The Bertz CT molecular complexity index is 864. The number of amides is 1. The molecule has 2 aromatic carbocycles. The fourth-order valence-corrected chi connectivity index (χ4v) is 3.57. The van der Waals surface area contributed by atoms with Crippen LogP contribution in [-0.2, 0) is 10.0 Å². The summed E-state index contributed by atoms with van der Waals surface area (Å²) in [5.74, 6) is -0.194. The monoisotopic (exact) mass is 360 g/mol. The highest BCUT2D eigenvalue weighted by Gasteiger charge is 2.16. The first-order chi connectivity index (χ1) is 11.7. The third-order valence-electron chi connectivity index (χ3n) is 4.19. The summed E-state index contributed by atoms with van der Waals surface area (Å²) in [6.45, 7) is 7.54. The maximum Gasteiger partial charge on any atom is 0.255 e. The average Bonchev–Trinajstić information content (AvgIpc) is 2.57. The van der Waals surface area contributed by atoms with Crippen molar-refractivity contribution in [1.82, 2.24) is 0 Å². The van der Waals surface area contributed by atoms with Crippen LogP contribution in [0.25, 0.3) is 0 Å². The molecule has 0 radical (unpaired) electrons. The lowest BCUT2D eigenvalue weighted by atomic mass is 10.0. The number of carbonyl (C=O) groups excluding carboxylic acids is 1. The molecule has 5 nitrogen and oxygen atoms in total. The Balaban J connectivity index is 2.22. The molecule has 6 heteroatoms. The minimum atomic E-state index is -3.32. The Hall–Kier alpha value is -2.34. The van der Waals surface area contributed by atoms with Crippen LogP contribution in [0.15, 0.2) is 36.4 Å². The summed E-state index contributed by atoms with van der Waals surface area (Å²) in [6, 6.07) is 10.6. The number of sulfonamides is 1. The summed E-state index contributed by atoms with van der Waals surface area (Å²) in [6.07, 6.45) is 0. The first kappa shape index (κ1) is 19.0. The van der Waals surface area contributed by atoms with E-state index in [4.69, 9.17) is 0 Å². The van der Waals surface area contributed by atoms with Crippen molar-refractivity contribution in [1.29, 1.82) is 0 Å². The molecule has 0 bridgehead atoms. The van der Waals surface area contributed by atoms with Gasteiger partial charge in [-0.3, -0.25) is 9.10 Å². The summed E-state index contributed by atoms with van der Waals surface area (Å²) in [5, 5.41) is 2.94. The van der Waals surface area contributed by atoms with E-state index < -0.39 is 10.0 Å². The SMILES string of the molecule is CCS(=O)(=O)N(C)c1ccc(C(=O)Nc2c(C)cc(C)cc2C)cc1. The van der Waals surface area contributed by atoms with Gasteiger partial charge in [-0.25, -0.2) is 8.42 Å². The number of nitrogens with one attached hydrogen (secondary N) is 1. The third kappa shape index (κ3) is 4.20. The number of hydrogen-bond acceptors (Lipinski definition) is 3. The number of benzene rings is 2. The van der Waals surface area contributed by atoms with Gasteiger partial charge in [0, 0.05) is 18.3 Å². The van der Waals surface area contributed by atoms with Crippen LogP contribution in [0.2, 0.25) is 0 Å². The lowest BCUT2D eigenvalue weighted by Crippen LogP contribution is -2.28. The van der Waals surface area contributed by atoms with Gasteiger partial charge in [0.1, 0.15) is 0 Å². The van der Waals surface area contributed by atoms with E-state index in [0.717, 1.165) is 22.4 Å². The normalized spacial score (nSPS) is 11.2. The van der Waals surface area contributed by atoms with Crippen LogP contribution in [0.1, 0.15) is 34.0 Å². The molecule has 134 valence electrons. The highest BCUT2D eigenvalue weighted by Crippen LogP contribution is 2.23. The molecule has 2 rings (SSSR count). The summed E-state index contributed by atoms with van der Waals surface area (Å²) in [5.41, 5.74) is 4.99. The first-order valence-corrected chi connectivity index (χ1v) is 9.72. The molecular weight excluding hydrogens is 336 g/mol. The van der Waals surface area contributed by atoms with Crippen LogP contribution in [0, 0.1) is 20.8 Å². The molecule has 0 aromatic heterocycles. The van der Waals surface area contributed by atoms with Gasteiger partial charge in [-0.15, -0.1) is 0 Å². The van der Waals surface area contributed by atoms with Gasteiger partial charge >= 0.3 is 0 Å². The lowest BCUT2D eigenvalue weighted by molar-refractivity contribution is 0.102. The smallest absolute Gasteiger partial charge is 0.255 e. The van der Waals surface area contributed by atoms with Gasteiger partial charge in [0.25, 0.3) is 5.91 Å². The number of rotatable bonds is 5. The van der Waals surface area contributed by atoms with Crippen molar-refractivity contribution in [2.24, 2.45) is 0 Å². The Morgan fingerprint density at radius 1 is 1.04 bits per heavy atom. The quantitative estimate of drug-likeness (QED) is 0.885. The molecule has 2 aromatic rings. The summed E-state index contributed by atoms with van der Waals surface area (Å²) >= 11 is 0. The van der Waals surface area contributed by atoms with Crippen molar-refractivity contribution in [2.75, 3.05) is 22.4 Å². The summed E-state index contributed by atoms with van der Waals surface area (Å²) < 4.78 is 25.0. The van der Waals surface area contributed by atoms with Crippen LogP contribution < -0.4 is 9.62 Å². The lowest BCUT2D eigenvalue weighted by Gasteiger charge is -2.18. The van der Waals surface area contributed by atoms with Crippen molar-refractivity contribution in [3.05, 3.63) is 58.7 Å². The fraction of sp³-hybridized carbons (Fsp3) is 0.316. The predicted octanol–water partition coefficient (Wildman–Crippen LogP) is 3.65. The average molecular weight is 360 g/mol. The van der Waals surface area contributed by atoms with E-state index in [2.05, 4.69) is 5.32 Å². The van der Waals surface area contributed by atoms with Crippen LogP contribution >= 0.6 is 0 Å². The second kappa shape index (κ2) is 7.27. The zero-order chi connectivity index (χ0) is 18.8. The second-order valence-electron chi connectivity index (χ2n) is 6.14. The van der Waals surface area contributed by atoms with Gasteiger partial charge in [0.15, 0.2) is 0 Å². The molecule has 1 N–H and O–H groups in total. The molecule has 0 saturated carbocycles. The molecule has 0 spiro atoms. The van der Waals surface area contributed by atoms with E-state index in [0.29, 0.717) is 11.3 Å². The third-order valence-corrected chi connectivity index (χ3v) is 5.97. The van der Waals surface area contributed by atoms with E-state index in [1.54, 1.807) is 31.2 Å². The standard InChI is InChI=1S/C19H24N2O3S/c1-6-25(23,24)21(5)17-9-7-16(8-10-17)19(22)20-18-14(3)11-13(2)12-15(18)4/h7-12H,6H2,1-5H3,(H,20,22). The molecule has 25 heavy (non-hydrogen) atoms. The Kier molecular flexibility index (Phi) is 5.52. The number of carbonyl (C=O) groups is 1. The van der Waals surface area contributed by atoms with Crippen LogP contribution in [-0.4, -0.2) is 27.1 Å². The van der Waals surface area contributed by atoms with Crippen molar-refractivity contribution in [3.8, 4) is 0 Å². The van der Waals surface area contributed by atoms with Crippen molar-refractivity contribution >= 4 is 27.3 Å². The maximum atomic E-state index is 12.5. The van der Waals surface area contributed by atoms with E-state index >= 15 is 0 Å². The number of aryl methyl sites for hydroxylation is 3. The molecule has 0 saturated heterocycles. The van der Waals surface area contributed by atoms with E-state index in [9.17, 15) is 13.2 Å². The zero-order valence-corrected chi connectivity index (χ0v) is 16.1. The number of anilines is 2. The molecule has 0 aliphatic rings. The molecule has 0 fully saturated rings. The highest BCUT2D eigenvalue weighted by molar-refractivity contribution is 7.92. The predicted molar refractivity (Wildman–Crippen MR) is 103 cm³/mol. The minimum Gasteiger partial charge on any atom is -0.322 e. The highest BCUT2D eigenvalue weighted by atomic mass is 32.2. The summed E-state index contributed by atoms with van der Waals surface area (Å²) in [4.78, 5) is 12.5. The molecule has 1 amide bonds. The topological polar surface area (TPSA) is 66.5 Å². The Labute approximate surface area is 149 Å². The van der Waals surface area contributed by atoms with Crippen molar-refractivity contribution < 1.29 is 13.2 Å². The second-order valence-corrected chi connectivity index (χ2v) is 8.43. The van der Waals surface area contributed by atoms with Crippen LogP contribution in [0.3, 0.4) is 0 Å². The zero-order valence-electron chi connectivity index (χ0n) is 15.3. The van der Waals surface area contributed by atoms with Gasteiger partial charge in [0.2, 0.25) is 10.0 Å². The first-order valence-electron chi connectivity index (χ1n) is 8.11. The molecule has 0 unspecified atom stereocenters.